The van der Waals surface area contributed by atoms with Crippen LogP contribution in [0, 0.1) is 6.92 Å². The molecule has 0 aromatic heterocycles. The molecule has 0 bridgehead atoms. The number of rotatable bonds is 2. The minimum Gasteiger partial charge on any atom is -0.459 e. The van der Waals surface area contributed by atoms with Crippen LogP contribution in [0.5, 0.6) is 5.75 Å². The molecule has 0 amide bonds. The molecule has 1 atom stereocenters. The molecule has 22 heavy (non-hydrogen) atoms. The molecular weight excluding hydrogens is 324 g/mol. The molecule has 1 aliphatic rings. The summed E-state index contributed by atoms with van der Waals surface area (Å²) in [5.41, 5.74) is 1.47. The molecule has 1 N–H and O–H groups in total. The van der Waals surface area contributed by atoms with Gasteiger partial charge in [-0.25, -0.2) is 8.42 Å². The van der Waals surface area contributed by atoms with Crippen LogP contribution in [0.2, 0.25) is 5.02 Å². The molecule has 1 aliphatic heterocycles. The van der Waals surface area contributed by atoms with Crippen molar-refractivity contribution in [3.63, 3.8) is 0 Å². The second-order valence-corrected chi connectivity index (χ2v) is 7.40. The Labute approximate surface area is 133 Å². The highest BCUT2D eigenvalue weighted by Gasteiger charge is 2.32. The molecule has 6 heteroatoms. The zero-order valence-corrected chi connectivity index (χ0v) is 13.2. The van der Waals surface area contributed by atoms with Crippen LogP contribution in [0.3, 0.4) is 0 Å². The van der Waals surface area contributed by atoms with Crippen molar-refractivity contribution in [2.75, 3.05) is 0 Å². The number of aryl methyl sites for hydroxylation is 1. The second kappa shape index (κ2) is 5.43. The van der Waals surface area contributed by atoms with E-state index in [4.69, 9.17) is 16.3 Å². The summed E-state index contributed by atoms with van der Waals surface area (Å²) >= 11 is 5.91. The van der Waals surface area contributed by atoms with Crippen LogP contribution < -0.4 is 4.74 Å². The highest BCUT2D eigenvalue weighted by Crippen LogP contribution is 2.35. The van der Waals surface area contributed by atoms with Crippen molar-refractivity contribution in [2.45, 2.75) is 18.1 Å². The van der Waals surface area contributed by atoms with Crippen LogP contribution in [-0.4, -0.2) is 19.8 Å². The van der Waals surface area contributed by atoms with Crippen LogP contribution in [0.15, 0.2) is 52.3 Å². The minimum atomic E-state index is -3.84. The van der Waals surface area contributed by atoms with Crippen molar-refractivity contribution in [2.24, 2.45) is 0 Å². The van der Waals surface area contributed by atoms with Crippen molar-refractivity contribution in [3.8, 4) is 5.75 Å². The van der Waals surface area contributed by atoms with E-state index in [1.165, 1.54) is 18.2 Å². The Morgan fingerprint density at radius 3 is 2.50 bits per heavy atom. The maximum absolute atomic E-state index is 12.7. The third-order valence-electron chi connectivity index (χ3n) is 3.39. The molecule has 0 fully saturated rings. The van der Waals surface area contributed by atoms with Crippen LogP contribution in [0.1, 0.15) is 11.1 Å². The first-order valence-electron chi connectivity index (χ1n) is 6.55. The van der Waals surface area contributed by atoms with Crippen LogP contribution >= 0.6 is 11.6 Å². The molecule has 1 unspecified atom stereocenters. The third kappa shape index (κ3) is 2.63. The summed E-state index contributed by atoms with van der Waals surface area (Å²) in [5, 5.41) is 10.5. The van der Waals surface area contributed by atoms with Crippen LogP contribution in [0.25, 0.3) is 6.08 Å². The van der Waals surface area contributed by atoms with E-state index in [0.717, 1.165) is 5.56 Å². The Morgan fingerprint density at radius 1 is 1.14 bits per heavy atom. The number of ether oxygens (including phenoxy) is 1. The van der Waals surface area contributed by atoms with E-state index in [0.29, 0.717) is 16.3 Å². The van der Waals surface area contributed by atoms with Gasteiger partial charge in [0.05, 0.1) is 4.90 Å². The molecule has 1 heterocycles. The van der Waals surface area contributed by atoms with E-state index in [1.54, 1.807) is 30.3 Å². The van der Waals surface area contributed by atoms with E-state index in [1.807, 2.05) is 6.92 Å². The lowest BCUT2D eigenvalue weighted by Gasteiger charge is -2.23. The summed E-state index contributed by atoms with van der Waals surface area (Å²) in [7, 11) is -3.84. The lowest BCUT2D eigenvalue weighted by Crippen LogP contribution is -2.27. The first-order valence-corrected chi connectivity index (χ1v) is 8.42. The fourth-order valence-corrected chi connectivity index (χ4v) is 3.75. The standard InChI is InChI=1S/C16H13ClO4S/c1-10-2-5-13(6-3-10)22(19,20)15-9-11-8-12(17)4-7-14(11)21-16(15)18/h2-9,16,18H,1H3. The summed E-state index contributed by atoms with van der Waals surface area (Å²) < 4.78 is 30.6. The van der Waals surface area contributed by atoms with E-state index < -0.39 is 16.1 Å². The van der Waals surface area contributed by atoms with Gasteiger partial charge in [0, 0.05) is 10.6 Å². The van der Waals surface area contributed by atoms with Gasteiger partial charge in [-0.1, -0.05) is 29.3 Å². The normalized spacial score (nSPS) is 17.4. The Morgan fingerprint density at radius 2 is 1.82 bits per heavy atom. The number of hydrogen-bond acceptors (Lipinski definition) is 4. The number of halogens is 1. The molecule has 0 spiro atoms. The smallest absolute Gasteiger partial charge is 0.235 e. The van der Waals surface area contributed by atoms with Crippen molar-refractivity contribution in [1.29, 1.82) is 0 Å². The third-order valence-corrected chi connectivity index (χ3v) is 5.46. The van der Waals surface area contributed by atoms with Gasteiger partial charge in [0.1, 0.15) is 10.7 Å². The molecular formula is C16H13ClO4S. The van der Waals surface area contributed by atoms with Gasteiger partial charge in [-0.3, -0.25) is 0 Å². The maximum atomic E-state index is 12.7. The van der Waals surface area contributed by atoms with E-state index in [2.05, 4.69) is 0 Å². The molecule has 4 nitrogen and oxygen atoms in total. The maximum Gasteiger partial charge on any atom is 0.235 e. The summed E-state index contributed by atoms with van der Waals surface area (Å²) in [6, 6.07) is 11.2. The quantitative estimate of drug-likeness (QED) is 0.915. The highest BCUT2D eigenvalue weighted by molar-refractivity contribution is 7.95. The number of aliphatic hydroxyl groups excluding tert-OH is 1. The summed E-state index contributed by atoms with van der Waals surface area (Å²) in [6.45, 7) is 1.87. The predicted octanol–water partition coefficient (Wildman–Crippen LogP) is 3.17. The first kappa shape index (κ1) is 15.1. The van der Waals surface area contributed by atoms with Crippen LogP contribution in [0.4, 0.5) is 0 Å². The first-order chi connectivity index (χ1) is 10.4. The summed E-state index contributed by atoms with van der Waals surface area (Å²) in [4.78, 5) is -0.0939. The SMILES string of the molecule is Cc1ccc(S(=O)(=O)C2=Cc3cc(Cl)ccc3OC2O)cc1. The van der Waals surface area contributed by atoms with Gasteiger partial charge in [0.15, 0.2) is 0 Å². The van der Waals surface area contributed by atoms with E-state index in [9.17, 15) is 13.5 Å². The molecule has 2 aromatic carbocycles. The Bertz CT molecular complexity index is 854. The van der Waals surface area contributed by atoms with Crippen molar-refractivity contribution >= 4 is 27.5 Å². The Hall–Kier alpha value is -1.82. The number of benzene rings is 2. The summed E-state index contributed by atoms with van der Waals surface area (Å²) in [6.07, 6.45) is -0.148. The average Bonchev–Trinajstić information content (AvgIpc) is 2.47. The lowest BCUT2D eigenvalue weighted by molar-refractivity contribution is 0.0190. The number of aliphatic hydroxyl groups is 1. The van der Waals surface area contributed by atoms with Crippen LogP contribution in [-0.2, 0) is 9.84 Å². The largest absolute Gasteiger partial charge is 0.459 e. The second-order valence-electron chi connectivity index (χ2n) is 5.02. The Balaban J connectivity index is 2.12. The predicted molar refractivity (Wildman–Crippen MR) is 84.4 cm³/mol. The highest BCUT2D eigenvalue weighted by atomic mass is 35.5. The molecule has 114 valence electrons. The van der Waals surface area contributed by atoms with Gasteiger partial charge < -0.3 is 9.84 Å². The van der Waals surface area contributed by atoms with Crippen molar-refractivity contribution in [3.05, 3.63) is 63.5 Å². The summed E-state index contributed by atoms with van der Waals surface area (Å²) in [5.74, 6) is 0.389. The van der Waals surface area contributed by atoms with Gasteiger partial charge in [-0.15, -0.1) is 0 Å². The topological polar surface area (TPSA) is 63.6 Å². The van der Waals surface area contributed by atoms with Crippen molar-refractivity contribution < 1.29 is 18.3 Å². The number of fused-ring (bicyclic) bond motifs is 1. The number of hydrogen-bond donors (Lipinski definition) is 1. The van der Waals surface area contributed by atoms with Crippen molar-refractivity contribution in [1.82, 2.24) is 0 Å². The molecule has 0 saturated carbocycles. The number of sulfone groups is 1. The molecule has 0 saturated heterocycles. The Kier molecular flexibility index (Phi) is 3.72. The monoisotopic (exact) mass is 336 g/mol. The van der Waals surface area contributed by atoms with Gasteiger partial charge >= 0.3 is 0 Å². The molecule has 3 rings (SSSR count). The van der Waals surface area contributed by atoms with E-state index >= 15 is 0 Å². The van der Waals surface area contributed by atoms with Gasteiger partial charge in [-0.05, 0) is 43.3 Å². The fourth-order valence-electron chi connectivity index (χ4n) is 2.21. The molecule has 0 radical (unpaired) electrons. The zero-order chi connectivity index (χ0) is 15.9. The van der Waals surface area contributed by atoms with Gasteiger partial charge in [0.25, 0.3) is 0 Å². The zero-order valence-electron chi connectivity index (χ0n) is 11.7. The van der Waals surface area contributed by atoms with Gasteiger partial charge in [0.2, 0.25) is 16.1 Å². The van der Waals surface area contributed by atoms with E-state index in [-0.39, 0.29) is 9.80 Å². The fraction of sp³-hybridized carbons (Fsp3) is 0.125. The van der Waals surface area contributed by atoms with Gasteiger partial charge in [-0.2, -0.15) is 0 Å². The minimum absolute atomic E-state index is 0.109. The average molecular weight is 337 g/mol. The molecule has 0 aliphatic carbocycles. The lowest BCUT2D eigenvalue weighted by atomic mass is 10.1. The molecule has 2 aromatic rings.